The number of imidazole rings is 1. The highest BCUT2D eigenvalue weighted by molar-refractivity contribution is 5.86. The maximum atomic E-state index is 5.46. The Morgan fingerprint density at radius 3 is 2.56 bits per heavy atom. The molecule has 9 nitrogen and oxygen atoms in total. The number of nitrogens with one attached hydrogen (secondary N) is 2. The van der Waals surface area contributed by atoms with E-state index in [9.17, 15) is 0 Å². The first-order valence-corrected chi connectivity index (χ1v) is 12.4. The molecule has 2 aliphatic rings. The van der Waals surface area contributed by atoms with Crippen molar-refractivity contribution in [2.24, 2.45) is 0 Å². The summed E-state index contributed by atoms with van der Waals surface area (Å²) in [5.41, 5.74) is 4.03. The molecule has 0 radical (unpaired) electrons. The van der Waals surface area contributed by atoms with E-state index in [0.29, 0.717) is 12.0 Å². The van der Waals surface area contributed by atoms with Crippen LogP contribution >= 0.6 is 0 Å². The van der Waals surface area contributed by atoms with Gasteiger partial charge in [-0.25, -0.2) is 4.98 Å². The van der Waals surface area contributed by atoms with E-state index in [1.165, 1.54) is 31.2 Å². The number of aromatic nitrogens is 4. The van der Waals surface area contributed by atoms with Gasteiger partial charge in [0.25, 0.3) is 0 Å². The van der Waals surface area contributed by atoms with Gasteiger partial charge in [-0.3, -0.25) is 4.90 Å². The zero-order valence-electron chi connectivity index (χ0n) is 20.3. The molecule has 0 spiro atoms. The van der Waals surface area contributed by atoms with Crippen LogP contribution in [0.4, 0.5) is 17.5 Å². The van der Waals surface area contributed by atoms with Crippen molar-refractivity contribution in [3.8, 4) is 0 Å². The molecule has 5 rings (SSSR count). The number of benzene rings is 1. The predicted molar refractivity (Wildman–Crippen MR) is 136 cm³/mol. The van der Waals surface area contributed by atoms with Crippen LogP contribution in [0.2, 0.25) is 0 Å². The fraction of sp³-hybridized carbons (Fsp3) is 0.560. The summed E-state index contributed by atoms with van der Waals surface area (Å²) in [6.07, 6.45) is 6.85. The highest BCUT2D eigenvalue weighted by Crippen LogP contribution is 2.33. The Hall–Kier alpha value is -2.75. The fourth-order valence-corrected chi connectivity index (χ4v) is 4.77. The van der Waals surface area contributed by atoms with Gasteiger partial charge in [-0.15, -0.1) is 0 Å². The fourth-order valence-electron chi connectivity index (χ4n) is 4.77. The highest BCUT2D eigenvalue weighted by Gasteiger charge is 2.22. The van der Waals surface area contributed by atoms with Crippen LogP contribution in [0.3, 0.4) is 0 Å². The van der Waals surface area contributed by atoms with Gasteiger partial charge in [0.15, 0.2) is 17.0 Å². The van der Waals surface area contributed by atoms with E-state index in [0.717, 1.165) is 68.6 Å². The lowest BCUT2D eigenvalue weighted by Gasteiger charge is -2.26. The molecule has 0 unspecified atom stereocenters. The minimum Gasteiger partial charge on any atom is -0.379 e. The maximum Gasteiger partial charge on any atom is 0.226 e. The van der Waals surface area contributed by atoms with Crippen LogP contribution in [-0.2, 0) is 11.3 Å². The summed E-state index contributed by atoms with van der Waals surface area (Å²) in [5, 5.41) is 6.91. The molecule has 2 fully saturated rings. The third kappa shape index (κ3) is 5.48. The molecule has 1 aliphatic carbocycles. The molecular weight excluding hydrogens is 428 g/mol. The second-order valence-electron chi connectivity index (χ2n) is 9.60. The van der Waals surface area contributed by atoms with Gasteiger partial charge in [-0.05, 0) is 44.6 Å². The molecular formula is C25H36N8O. The summed E-state index contributed by atoms with van der Waals surface area (Å²) < 4.78 is 7.71. The number of fused-ring (bicyclic) bond motifs is 1. The average Bonchev–Trinajstić information content (AvgIpc) is 3.51. The first-order valence-electron chi connectivity index (χ1n) is 12.4. The van der Waals surface area contributed by atoms with Crippen molar-refractivity contribution >= 4 is 28.6 Å². The minimum atomic E-state index is 0.474. The number of likely N-dealkylation sites (N-methyl/N-ethyl adjacent to an activating group) is 1. The highest BCUT2D eigenvalue weighted by atomic mass is 16.5. The second-order valence-corrected chi connectivity index (χ2v) is 9.60. The largest absolute Gasteiger partial charge is 0.379 e. The molecule has 3 aromatic rings. The SMILES string of the molecule is CN(C)CCNc1nc(Nc2ccc(CN3CCOCC3)cc2)c2ncn(C3CCCC3)c2n1. The van der Waals surface area contributed by atoms with Crippen molar-refractivity contribution < 1.29 is 4.74 Å². The van der Waals surface area contributed by atoms with E-state index in [1.807, 2.05) is 6.33 Å². The molecule has 1 aliphatic heterocycles. The molecule has 34 heavy (non-hydrogen) atoms. The Bertz CT molecular complexity index is 1070. The lowest BCUT2D eigenvalue weighted by Crippen LogP contribution is -2.35. The Kier molecular flexibility index (Phi) is 7.22. The summed E-state index contributed by atoms with van der Waals surface area (Å²) in [4.78, 5) is 19.0. The van der Waals surface area contributed by atoms with Gasteiger partial charge in [0.05, 0.1) is 19.5 Å². The zero-order valence-corrected chi connectivity index (χ0v) is 20.3. The molecule has 0 bridgehead atoms. The summed E-state index contributed by atoms with van der Waals surface area (Å²) >= 11 is 0. The molecule has 1 saturated carbocycles. The number of rotatable bonds is 9. The van der Waals surface area contributed by atoms with Gasteiger partial charge in [0, 0.05) is 44.5 Å². The molecule has 0 amide bonds. The van der Waals surface area contributed by atoms with Gasteiger partial charge in [0.2, 0.25) is 5.95 Å². The van der Waals surface area contributed by atoms with Crippen LogP contribution in [0.5, 0.6) is 0 Å². The van der Waals surface area contributed by atoms with Gasteiger partial charge in [-0.1, -0.05) is 25.0 Å². The molecule has 182 valence electrons. The number of anilines is 3. The molecule has 1 saturated heterocycles. The van der Waals surface area contributed by atoms with Crippen LogP contribution in [0.1, 0.15) is 37.3 Å². The quantitative estimate of drug-likeness (QED) is 0.498. The average molecular weight is 465 g/mol. The Morgan fingerprint density at radius 2 is 1.82 bits per heavy atom. The van der Waals surface area contributed by atoms with Crippen molar-refractivity contribution in [2.75, 3.05) is 64.1 Å². The summed E-state index contributed by atoms with van der Waals surface area (Å²) in [6, 6.07) is 9.09. The summed E-state index contributed by atoms with van der Waals surface area (Å²) in [5.74, 6) is 1.38. The van der Waals surface area contributed by atoms with Crippen molar-refractivity contribution in [3.63, 3.8) is 0 Å². The Morgan fingerprint density at radius 1 is 1.06 bits per heavy atom. The number of hydrogen-bond donors (Lipinski definition) is 2. The van der Waals surface area contributed by atoms with E-state index in [2.05, 4.69) is 63.4 Å². The van der Waals surface area contributed by atoms with Gasteiger partial charge in [0.1, 0.15) is 0 Å². The van der Waals surface area contributed by atoms with E-state index < -0.39 is 0 Å². The van der Waals surface area contributed by atoms with Crippen LogP contribution in [0.15, 0.2) is 30.6 Å². The lowest BCUT2D eigenvalue weighted by molar-refractivity contribution is 0.0342. The Balaban J connectivity index is 1.37. The third-order valence-corrected chi connectivity index (χ3v) is 6.71. The van der Waals surface area contributed by atoms with E-state index in [-0.39, 0.29) is 0 Å². The topological polar surface area (TPSA) is 83.4 Å². The van der Waals surface area contributed by atoms with E-state index in [1.54, 1.807) is 0 Å². The number of morpholine rings is 1. The van der Waals surface area contributed by atoms with Crippen molar-refractivity contribution in [3.05, 3.63) is 36.2 Å². The van der Waals surface area contributed by atoms with Gasteiger partial charge in [-0.2, -0.15) is 9.97 Å². The molecule has 2 N–H and O–H groups in total. The van der Waals surface area contributed by atoms with Crippen LogP contribution in [-0.4, -0.2) is 82.8 Å². The Labute approximate surface area is 201 Å². The smallest absolute Gasteiger partial charge is 0.226 e. The predicted octanol–water partition coefficient (Wildman–Crippen LogP) is 3.49. The number of nitrogens with zero attached hydrogens (tertiary/aromatic N) is 6. The van der Waals surface area contributed by atoms with Crippen molar-refractivity contribution in [1.29, 1.82) is 0 Å². The van der Waals surface area contributed by atoms with E-state index >= 15 is 0 Å². The zero-order chi connectivity index (χ0) is 23.3. The van der Waals surface area contributed by atoms with Crippen molar-refractivity contribution in [2.45, 2.75) is 38.3 Å². The monoisotopic (exact) mass is 464 g/mol. The minimum absolute atomic E-state index is 0.474. The van der Waals surface area contributed by atoms with Gasteiger partial charge >= 0.3 is 0 Å². The third-order valence-electron chi connectivity index (χ3n) is 6.71. The molecule has 0 atom stereocenters. The number of ether oxygens (including phenoxy) is 1. The first kappa shape index (κ1) is 23.0. The second kappa shape index (κ2) is 10.7. The summed E-state index contributed by atoms with van der Waals surface area (Å²) in [7, 11) is 4.13. The standard InChI is InChI=1S/C25H36N8O/c1-31(2)12-11-26-25-29-23(22-24(30-25)33(18-27-22)21-5-3-4-6-21)28-20-9-7-19(8-10-20)17-32-13-15-34-16-14-32/h7-10,18,21H,3-6,11-17H2,1-2H3,(H2,26,28,29,30). The van der Waals surface area contributed by atoms with Crippen LogP contribution in [0, 0.1) is 0 Å². The lowest BCUT2D eigenvalue weighted by atomic mass is 10.2. The molecule has 2 aromatic heterocycles. The molecule has 3 heterocycles. The number of hydrogen-bond acceptors (Lipinski definition) is 8. The van der Waals surface area contributed by atoms with Crippen LogP contribution < -0.4 is 10.6 Å². The van der Waals surface area contributed by atoms with E-state index in [4.69, 9.17) is 19.7 Å². The summed E-state index contributed by atoms with van der Waals surface area (Å²) in [6.45, 7) is 6.28. The van der Waals surface area contributed by atoms with Crippen LogP contribution in [0.25, 0.3) is 11.2 Å². The normalized spacial score (nSPS) is 17.6. The first-order chi connectivity index (χ1) is 16.7. The molecule has 9 heteroatoms. The van der Waals surface area contributed by atoms with Crippen molar-refractivity contribution in [1.82, 2.24) is 29.3 Å². The molecule has 1 aromatic carbocycles. The van der Waals surface area contributed by atoms with Gasteiger partial charge < -0.3 is 24.8 Å². The maximum absolute atomic E-state index is 5.46.